The highest BCUT2D eigenvalue weighted by molar-refractivity contribution is 6.40. The minimum Gasteiger partial charge on any atom is -0.493 e. The van der Waals surface area contributed by atoms with Crippen LogP contribution in [0.25, 0.3) is 0 Å². The number of nitrogens with one attached hydrogen (secondary N) is 2. The molecule has 0 saturated carbocycles. The molecule has 0 aliphatic rings. The molecule has 0 heterocycles. The molecular formula is C19H20ClN3O5. The van der Waals surface area contributed by atoms with Gasteiger partial charge in [-0.25, -0.2) is 5.43 Å². The van der Waals surface area contributed by atoms with Gasteiger partial charge in [-0.2, -0.15) is 5.10 Å². The number of carbonyl (C=O) groups is 2. The maximum Gasteiger partial charge on any atom is 0.329 e. The summed E-state index contributed by atoms with van der Waals surface area (Å²) in [5.41, 5.74) is 3.95. The number of hydrazone groups is 1. The molecule has 2 aromatic carbocycles. The van der Waals surface area contributed by atoms with Gasteiger partial charge in [-0.1, -0.05) is 17.7 Å². The van der Waals surface area contributed by atoms with Crippen molar-refractivity contribution in [1.82, 2.24) is 5.43 Å². The van der Waals surface area contributed by atoms with E-state index in [4.69, 9.17) is 25.8 Å². The number of benzene rings is 2. The largest absolute Gasteiger partial charge is 0.493 e. The highest BCUT2D eigenvalue weighted by Gasteiger charge is 2.15. The van der Waals surface area contributed by atoms with Crippen LogP contribution in [0.2, 0.25) is 5.02 Å². The fraction of sp³-hybridized carbons (Fsp3) is 0.211. The average Bonchev–Trinajstić information content (AvgIpc) is 2.69. The van der Waals surface area contributed by atoms with Crippen LogP contribution in [0, 0.1) is 6.92 Å². The lowest BCUT2D eigenvalue weighted by molar-refractivity contribution is -0.136. The smallest absolute Gasteiger partial charge is 0.329 e. The highest BCUT2D eigenvalue weighted by atomic mass is 35.5. The first-order chi connectivity index (χ1) is 13.4. The summed E-state index contributed by atoms with van der Waals surface area (Å²) in [6.07, 6.45) is 1.35. The van der Waals surface area contributed by atoms with E-state index in [9.17, 15) is 9.59 Å². The first-order valence-corrected chi connectivity index (χ1v) is 8.48. The normalized spacial score (nSPS) is 10.5. The van der Waals surface area contributed by atoms with Crippen molar-refractivity contribution >= 4 is 35.3 Å². The molecule has 2 rings (SSSR count). The Kier molecular flexibility index (Phi) is 7.22. The van der Waals surface area contributed by atoms with Crippen LogP contribution >= 0.6 is 11.6 Å². The van der Waals surface area contributed by atoms with Crippen LogP contribution in [0.15, 0.2) is 35.4 Å². The Balaban J connectivity index is 2.06. The Morgan fingerprint density at radius 1 is 1.00 bits per heavy atom. The van der Waals surface area contributed by atoms with Crippen molar-refractivity contribution in [3.63, 3.8) is 0 Å². The molecule has 0 saturated heterocycles. The molecule has 0 aliphatic heterocycles. The van der Waals surface area contributed by atoms with Crippen LogP contribution in [0.1, 0.15) is 11.1 Å². The van der Waals surface area contributed by atoms with Gasteiger partial charge >= 0.3 is 11.8 Å². The predicted molar refractivity (Wildman–Crippen MR) is 107 cm³/mol. The maximum absolute atomic E-state index is 12.0. The number of anilines is 1. The van der Waals surface area contributed by atoms with Crippen LogP contribution in [-0.2, 0) is 9.59 Å². The van der Waals surface area contributed by atoms with Gasteiger partial charge in [-0.15, -0.1) is 0 Å². The number of carbonyl (C=O) groups excluding carboxylic acids is 2. The van der Waals surface area contributed by atoms with E-state index in [1.165, 1.54) is 27.5 Å². The summed E-state index contributed by atoms with van der Waals surface area (Å²) in [5, 5.41) is 6.72. The molecule has 0 unspecified atom stereocenters. The lowest BCUT2D eigenvalue weighted by Gasteiger charge is -2.12. The lowest BCUT2D eigenvalue weighted by Crippen LogP contribution is -2.32. The predicted octanol–water partition coefficient (Wildman–Crippen LogP) is 2.76. The van der Waals surface area contributed by atoms with Gasteiger partial charge in [-0.05, 0) is 36.8 Å². The van der Waals surface area contributed by atoms with Gasteiger partial charge in [0.25, 0.3) is 0 Å². The van der Waals surface area contributed by atoms with Gasteiger partial charge in [0.1, 0.15) is 0 Å². The van der Waals surface area contributed by atoms with E-state index < -0.39 is 11.8 Å². The molecule has 9 heteroatoms. The minimum atomic E-state index is -0.928. The van der Waals surface area contributed by atoms with Gasteiger partial charge in [0.05, 0.1) is 27.5 Å². The molecule has 0 aromatic heterocycles. The summed E-state index contributed by atoms with van der Waals surface area (Å²) < 4.78 is 15.7. The fourth-order valence-electron chi connectivity index (χ4n) is 2.30. The summed E-state index contributed by atoms with van der Waals surface area (Å²) in [7, 11) is 4.47. The lowest BCUT2D eigenvalue weighted by atomic mass is 10.2. The van der Waals surface area contributed by atoms with Crippen LogP contribution in [0.4, 0.5) is 5.69 Å². The number of amides is 2. The molecule has 0 atom stereocenters. The van der Waals surface area contributed by atoms with E-state index in [1.54, 1.807) is 37.3 Å². The summed E-state index contributed by atoms with van der Waals surface area (Å²) >= 11 is 5.90. The first-order valence-electron chi connectivity index (χ1n) is 8.10. The fourth-order valence-corrected chi connectivity index (χ4v) is 2.47. The molecule has 148 valence electrons. The zero-order valence-electron chi connectivity index (χ0n) is 15.8. The van der Waals surface area contributed by atoms with E-state index in [2.05, 4.69) is 15.8 Å². The van der Waals surface area contributed by atoms with Crippen molar-refractivity contribution in [3.05, 3.63) is 46.5 Å². The maximum atomic E-state index is 12.0. The Bertz CT molecular complexity index is 889. The average molecular weight is 406 g/mol. The van der Waals surface area contributed by atoms with E-state index in [1.807, 2.05) is 0 Å². The summed E-state index contributed by atoms with van der Waals surface area (Å²) in [6.45, 7) is 1.78. The molecule has 0 fully saturated rings. The third-order valence-corrected chi connectivity index (χ3v) is 3.96. The standard InChI is InChI=1S/C19H20ClN3O5/c1-11-5-6-13(20)9-14(11)22-18(24)19(25)23-21-10-12-7-15(26-2)17(28-4)16(8-12)27-3/h5-10H,1-4H3,(H,22,24)(H,23,25)/b21-10-. The Morgan fingerprint density at radius 3 is 2.21 bits per heavy atom. The van der Waals surface area contributed by atoms with Gasteiger partial charge in [-0.3, -0.25) is 9.59 Å². The number of nitrogens with zero attached hydrogens (tertiary/aromatic N) is 1. The van der Waals surface area contributed by atoms with Crippen molar-refractivity contribution < 1.29 is 23.8 Å². The number of rotatable bonds is 6. The summed E-state index contributed by atoms with van der Waals surface area (Å²) in [5.74, 6) is -0.495. The molecule has 0 spiro atoms. The number of hydrogen-bond donors (Lipinski definition) is 2. The molecule has 0 bridgehead atoms. The first kappa shape index (κ1) is 21.0. The van der Waals surface area contributed by atoms with Gasteiger partial charge in [0.2, 0.25) is 5.75 Å². The van der Waals surface area contributed by atoms with Gasteiger partial charge < -0.3 is 19.5 Å². The van der Waals surface area contributed by atoms with Crippen molar-refractivity contribution in [2.75, 3.05) is 26.6 Å². The molecule has 0 aliphatic carbocycles. The third kappa shape index (κ3) is 5.14. The Hall–Kier alpha value is -3.26. The molecular weight excluding hydrogens is 386 g/mol. The molecule has 28 heavy (non-hydrogen) atoms. The Morgan fingerprint density at radius 2 is 1.64 bits per heavy atom. The molecule has 2 aromatic rings. The second kappa shape index (κ2) is 9.61. The van der Waals surface area contributed by atoms with E-state index in [0.29, 0.717) is 33.5 Å². The van der Waals surface area contributed by atoms with Crippen molar-refractivity contribution in [2.24, 2.45) is 5.10 Å². The molecule has 0 radical (unpaired) electrons. The van der Waals surface area contributed by atoms with Crippen molar-refractivity contribution in [1.29, 1.82) is 0 Å². The van der Waals surface area contributed by atoms with E-state index in [0.717, 1.165) is 5.56 Å². The summed E-state index contributed by atoms with van der Waals surface area (Å²) in [6, 6.07) is 8.27. The van der Waals surface area contributed by atoms with Crippen LogP contribution < -0.4 is 25.0 Å². The van der Waals surface area contributed by atoms with Crippen molar-refractivity contribution in [3.8, 4) is 17.2 Å². The van der Waals surface area contributed by atoms with Crippen LogP contribution in [0.3, 0.4) is 0 Å². The number of methoxy groups -OCH3 is 3. The van der Waals surface area contributed by atoms with Crippen LogP contribution in [-0.4, -0.2) is 39.4 Å². The van der Waals surface area contributed by atoms with E-state index in [-0.39, 0.29) is 0 Å². The molecule has 8 nitrogen and oxygen atoms in total. The summed E-state index contributed by atoms with van der Waals surface area (Å²) in [4.78, 5) is 23.9. The Labute approximate surface area is 167 Å². The van der Waals surface area contributed by atoms with Crippen molar-refractivity contribution in [2.45, 2.75) is 6.92 Å². The zero-order valence-corrected chi connectivity index (χ0v) is 16.6. The molecule has 2 N–H and O–H groups in total. The SMILES string of the molecule is COc1cc(/C=N\NC(=O)C(=O)Nc2cc(Cl)ccc2C)cc(OC)c1OC. The highest BCUT2D eigenvalue weighted by Crippen LogP contribution is 2.37. The minimum absolute atomic E-state index is 0.433. The molecule has 2 amide bonds. The number of ether oxygens (including phenoxy) is 3. The number of hydrogen-bond acceptors (Lipinski definition) is 6. The number of halogens is 1. The van der Waals surface area contributed by atoms with Gasteiger partial charge in [0.15, 0.2) is 11.5 Å². The quantitative estimate of drug-likeness (QED) is 0.437. The zero-order chi connectivity index (χ0) is 20.7. The van der Waals surface area contributed by atoms with Crippen LogP contribution in [0.5, 0.6) is 17.2 Å². The third-order valence-electron chi connectivity index (χ3n) is 3.72. The van der Waals surface area contributed by atoms with Gasteiger partial charge in [0, 0.05) is 16.3 Å². The topological polar surface area (TPSA) is 98.2 Å². The van der Waals surface area contributed by atoms with E-state index >= 15 is 0 Å². The number of aryl methyl sites for hydroxylation is 1. The second-order valence-corrected chi connectivity index (χ2v) is 6.01. The monoisotopic (exact) mass is 405 g/mol. The second-order valence-electron chi connectivity index (χ2n) is 5.57.